The maximum atomic E-state index is 4.44. The third-order valence-corrected chi connectivity index (χ3v) is 4.80. The van der Waals surface area contributed by atoms with E-state index in [2.05, 4.69) is 73.6 Å². The van der Waals surface area contributed by atoms with E-state index in [1.807, 2.05) is 17.7 Å². The van der Waals surface area contributed by atoms with Gasteiger partial charge in [0.15, 0.2) is 11.8 Å². The number of aliphatic imine (C=N–C) groups is 1. The molecule has 2 aromatic rings. The molecule has 0 unspecified atom stereocenters. The molecule has 0 bridgehead atoms. The van der Waals surface area contributed by atoms with Crippen molar-refractivity contribution in [3.63, 3.8) is 0 Å². The van der Waals surface area contributed by atoms with Crippen molar-refractivity contribution < 1.29 is 0 Å². The molecule has 1 aliphatic heterocycles. The molecule has 0 amide bonds. The lowest BCUT2D eigenvalue weighted by atomic mass is 10.2. The van der Waals surface area contributed by atoms with Crippen LogP contribution in [-0.2, 0) is 13.1 Å². The first-order chi connectivity index (χ1) is 13.3. The highest BCUT2D eigenvalue weighted by atomic mass is 15.4. The highest BCUT2D eigenvalue weighted by molar-refractivity contribution is 5.79. The van der Waals surface area contributed by atoms with Crippen LogP contribution >= 0.6 is 0 Å². The van der Waals surface area contributed by atoms with Crippen LogP contribution < -0.4 is 5.32 Å². The molecule has 1 aromatic carbocycles. The summed E-state index contributed by atoms with van der Waals surface area (Å²) in [5, 5.41) is 11.6. The smallest absolute Gasteiger partial charge is 0.194 e. The zero-order chi connectivity index (χ0) is 18.9. The van der Waals surface area contributed by atoms with Crippen LogP contribution in [-0.4, -0.2) is 70.3 Å². The molecular weight excluding hydrogens is 338 g/mol. The predicted octanol–water partition coefficient (Wildman–Crippen LogP) is 1.70. The lowest BCUT2D eigenvalue weighted by Crippen LogP contribution is -2.52. The van der Waals surface area contributed by atoms with E-state index in [0.717, 1.165) is 51.1 Å². The molecule has 0 atom stereocenters. The largest absolute Gasteiger partial charge is 0.349 e. The molecule has 3 rings (SSSR count). The quantitative estimate of drug-likeness (QED) is 0.622. The molecule has 27 heavy (non-hydrogen) atoms. The van der Waals surface area contributed by atoms with E-state index in [9.17, 15) is 0 Å². The van der Waals surface area contributed by atoms with Gasteiger partial charge in [0.1, 0.15) is 6.33 Å². The highest BCUT2D eigenvalue weighted by Crippen LogP contribution is 2.05. The summed E-state index contributed by atoms with van der Waals surface area (Å²) in [6.07, 6.45) is 6.20. The summed E-state index contributed by atoms with van der Waals surface area (Å²) in [7, 11) is 1.84. The Morgan fingerprint density at radius 2 is 1.96 bits per heavy atom. The van der Waals surface area contributed by atoms with Crippen molar-refractivity contribution in [1.29, 1.82) is 0 Å². The molecule has 1 aromatic heterocycles. The van der Waals surface area contributed by atoms with Gasteiger partial charge in [0.25, 0.3) is 0 Å². The third-order valence-electron chi connectivity index (χ3n) is 4.80. The second kappa shape index (κ2) is 9.87. The van der Waals surface area contributed by atoms with Gasteiger partial charge < -0.3 is 14.8 Å². The highest BCUT2D eigenvalue weighted by Gasteiger charge is 2.19. The monoisotopic (exact) mass is 367 g/mol. The van der Waals surface area contributed by atoms with E-state index in [-0.39, 0.29) is 0 Å². The van der Waals surface area contributed by atoms with Gasteiger partial charge in [-0.15, -0.1) is 10.2 Å². The Kier molecular flexibility index (Phi) is 6.98. The van der Waals surface area contributed by atoms with Gasteiger partial charge in [-0.05, 0) is 12.5 Å². The Morgan fingerprint density at radius 1 is 1.19 bits per heavy atom. The summed E-state index contributed by atoms with van der Waals surface area (Å²) in [6, 6.07) is 10.4. The van der Waals surface area contributed by atoms with Crippen LogP contribution in [0.25, 0.3) is 6.08 Å². The number of piperazine rings is 1. The van der Waals surface area contributed by atoms with Crippen LogP contribution in [0.3, 0.4) is 0 Å². The number of guanidine groups is 1. The van der Waals surface area contributed by atoms with E-state index < -0.39 is 0 Å². The lowest BCUT2D eigenvalue weighted by Gasteiger charge is -2.36. The Labute approximate surface area is 161 Å². The minimum absolute atomic E-state index is 0.639. The zero-order valence-electron chi connectivity index (χ0n) is 16.3. The molecule has 144 valence electrons. The summed E-state index contributed by atoms with van der Waals surface area (Å²) in [5.41, 5.74) is 1.25. The van der Waals surface area contributed by atoms with Crippen LogP contribution in [0.5, 0.6) is 0 Å². The number of hydrogen-bond donors (Lipinski definition) is 1. The Morgan fingerprint density at radius 3 is 2.67 bits per heavy atom. The van der Waals surface area contributed by atoms with Gasteiger partial charge in [-0.2, -0.15) is 0 Å². The number of benzene rings is 1. The van der Waals surface area contributed by atoms with Crippen molar-refractivity contribution in [2.45, 2.75) is 20.0 Å². The maximum Gasteiger partial charge on any atom is 0.194 e. The Hall–Kier alpha value is -2.67. The minimum Gasteiger partial charge on any atom is -0.349 e. The average molecular weight is 368 g/mol. The topological polar surface area (TPSA) is 61.6 Å². The summed E-state index contributed by atoms with van der Waals surface area (Å²) >= 11 is 0. The fourth-order valence-corrected chi connectivity index (χ4v) is 3.21. The van der Waals surface area contributed by atoms with Crippen molar-refractivity contribution in [1.82, 2.24) is 29.9 Å². The van der Waals surface area contributed by atoms with Gasteiger partial charge >= 0.3 is 0 Å². The van der Waals surface area contributed by atoms with Gasteiger partial charge in [0, 0.05) is 46.3 Å². The molecule has 7 heteroatoms. The molecule has 0 radical (unpaired) electrons. The summed E-state index contributed by atoms with van der Waals surface area (Å²) in [4.78, 5) is 9.21. The van der Waals surface area contributed by atoms with Gasteiger partial charge in [0.2, 0.25) is 0 Å². The molecule has 1 saturated heterocycles. The fraction of sp³-hybridized carbons (Fsp3) is 0.450. The van der Waals surface area contributed by atoms with E-state index in [1.54, 1.807) is 6.33 Å². The maximum absolute atomic E-state index is 4.44. The van der Waals surface area contributed by atoms with Gasteiger partial charge in [-0.1, -0.05) is 42.5 Å². The second-order valence-corrected chi connectivity index (χ2v) is 6.53. The van der Waals surface area contributed by atoms with Crippen LogP contribution in [0.4, 0.5) is 0 Å². The van der Waals surface area contributed by atoms with Crippen LogP contribution in [0.15, 0.2) is 47.7 Å². The van der Waals surface area contributed by atoms with Crippen LogP contribution in [0.2, 0.25) is 0 Å². The normalized spacial score (nSPS) is 16.2. The molecule has 1 aliphatic rings. The van der Waals surface area contributed by atoms with E-state index in [1.165, 1.54) is 5.56 Å². The second-order valence-electron chi connectivity index (χ2n) is 6.53. The SMILES string of the molecule is CCn1cnnc1CNC(=NC)N1CCN(CC=Cc2ccccc2)CC1. The number of nitrogens with one attached hydrogen (secondary N) is 1. The first-order valence-corrected chi connectivity index (χ1v) is 9.56. The predicted molar refractivity (Wildman–Crippen MR) is 109 cm³/mol. The summed E-state index contributed by atoms with van der Waals surface area (Å²) in [6.45, 7) is 8.59. The molecule has 0 saturated carbocycles. The molecule has 0 aliphatic carbocycles. The minimum atomic E-state index is 0.639. The number of hydrogen-bond acceptors (Lipinski definition) is 4. The van der Waals surface area contributed by atoms with E-state index >= 15 is 0 Å². The van der Waals surface area contributed by atoms with Crippen molar-refractivity contribution >= 4 is 12.0 Å². The standard InChI is InChI=1S/C20H29N7/c1-3-26-17-23-24-19(26)16-22-20(21-2)27-14-12-25(13-15-27)11-7-10-18-8-5-4-6-9-18/h4-10,17H,3,11-16H2,1-2H3,(H,21,22). The Bertz CT molecular complexity index is 743. The van der Waals surface area contributed by atoms with E-state index in [4.69, 9.17) is 0 Å². The molecule has 7 nitrogen and oxygen atoms in total. The zero-order valence-corrected chi connectivity index (χ0v) is 16.3. The van der Waals surface area contributed by atoms with Crippen molar-refractivity contribution in [3.05, 3.63) is 54.1 Å². The van der Waals surface area contributed by atoms with Crippen molar-refractivity contribution in [2.24, 2.45) is 4.99 Å². The number of aryl methyl sites for hydroxylation is 1. The number of aromatic nitrogens is 3. The molecule has 1 N–H and O–H groups in total. The summed E-state index contributed by atoms with van der Waals surface area (Å²) in [5.74, 6) is 1.86. The van der Waals surface area contributed by atoms with Gasteiger partial charge in [-0.25, -0.2) is 0 Å². The van der Waals surface area contributed by atoms with Gasteiger partial charge in [-0.3, -0.25) is 9.89 Å². The number of nitrogens with zero attached hydrogens (tertiary/aromatic N) is 6. The van der Waals surface area contributed by atoms with Crippen molar-refractivity contribution in [3.8, 4) is 0 Å². The van der Waals surface area contributed by atoms with Crippen LogP contribution in [0.1, 0.15) is 18.3 Å². The van der Waals surface area contributed by atoms with E-state index in [0.29, 0.717) is 6.54 Å². The van der Waals surface area contributed by atoms with Crippen LogP contribution in [0, 0.1) is 0 Å². The van der Waals surface area contributed by atoms with Crippen molar-refractivity contribution in [2.75, 3.05) is 39.8 Å². The average Bonchev–Trinajstić information content (AvgIpc) is 3.18. The fourth-order valence-electron chi connectivity index (χ4n) is 3.21. The third kappa shape index (κ3) is 5.40. The molecule has 0 spiro atoms. The molecular formula is C20H29N7. The Balaban J connectivity index is 1.44. The lowest BCUT2D eigenvalue weighted by molar-refractivity contribution is 0.194. The molecule has 2 heterocycles. The first kappa shape index (κ1) is 19.1. The number of rotatable bonds is 6. The van der Waals surface area contributed by atoms with Gasteiger partial charge in [0.05, 0.1) is 6.54 Å². The summed E-state index contributed by atoms with van der Waals surface area (Å²) < 4.78 is 2.04. The molecule has 1 fully saturated rings. The first-order valence-electron chi connectivity index (χ1n) is 9.56.